The fraction of sp³-hybridized carbons (Fsp3) is 0.536. The number of likely N-dealkylation sites (N-methyl/N-ethyl adjacent to an activating group) is 1. The van der Waals surface area contributed by atoms with Crippen molar-refractivity contribution >= 4 is 29.8 Å². The first kappa shape index (κ1) is 30.3. The summed E-state index contributed by atoms with van der Waals surface area (Å²) in [5, 5.41) is 50.5. The van der Waals surface area contributed by atoms with Gasteiger partial charge in [-0.25, -0.2) is 14.4 Å². The van der Waals surface area contributed by atoms with Crippen molar-refractivity contribution in [3.8, 4) is 11.5 Å². The van der Waals surface area contributed by atoms with Crippen LogP contribution in [0.2, 0.25) is 0 Å². The number of carbonyl (C=O) groups is 5. The Morgan fingerprint density at radius 1 is 1.09 bits per heavy atom. The van der Waals surface area contributed by atoms with Crippen LogP contribution < -0.4 is 4.74 Å². The maximum atomic E-state index is 13.2. The van der Waals surface area contributed by atoms with Crippen molar-refractivity contribution in [2.24, 2.45) is 0 Å². The zero-order valence-electron chi connectivity index (χ0n) is 23.2. The lowest BCUT2D eigenvalue weighted by molar-refractivity contribution is -0.184. The summed E-state index contributed by atoms with van der Waals surface area (Å²) in [7, 11) is 1.91. The number of likely N-dealkylation sites (tertiary alicyclic amines) is 1. The lowest BCUT2D eigenvalue weighted by atomic mass is 9.50. The summed E-state index contributed by atoms with van der Waals surface area (Å²) in [6, 6.07) is 2.98. The van der Waals surface area contributed by atoms with Gasteiger partial charge in [0.15, 0.2) is 17.6 Å². The topological polar surface area (TPSA) is 227 Å². The molecule has 2 heterocycles. The zero-order valence-corrected chi connectivity index (χ0v) is 23.2. The van der Waals surface area contributed by atoms with Gasteiger partial charge in [0.05, 0.1) is 23.9 Å². The molecule has 15 heteroatoms. The van der Waals surface area contributed by atoms with Crippen LogP contribution in [0, 0.1) is 0 Å². The Bertz CT molecular complexity index is 1420. The van der Waals surface area contributed by atoms with E-state index in [1.54, 1.807) is 6.07 Å². The molecule has 5 rings (SSSR count). The number of nitrogens with zero attached hydrogens (tertiary/aromatic N) is 1. The molecule has 232 valence electrons. The van der Waals surface area contributed by atoms with Crippen LogP contribution in [0.3, 0.4) is 0 Å². The molecule has 15 nitrogen and oxygen atoms in total. The van der Waals surface area contributed by atoms with E-state index in [9.17, 15) is 44.4 Å². The third-order valence-corrected chi connectivity index (χ3v) is 8.69. The first-order valence-corrected chi connectivity index (χ1v) is 13.6. The summed E-state index contributed by atoms with van der Waals surface area (Å²) in [5.41, 5.74) is -0.872. The van der Waals surface area contributed by atoms with Crippen molar-refractivity contribution < 1.29 is 68.5 Å². The van der Waals surface area contributed by atoms with Gasteiger partial charge in [-0.05, 0) is 51.1 Å². The highest BCUT2D eigenvalue weighted by Crippen LogP contribution is 2.65. The molecule has 1 saturated heterocycles. The summed E-state index contributed by atoms with van der Waals surface area (Å²) in [5.74, 6) is -7.37. The minimum atomic E-state index is -2.15. The minimum Gasteiger partial charge on any atom is -0.504 e. The fourth-order valence-electron chi connectivity index (χ4n) is 6.73. The number of aromatic hydroxyl groups is 1. The maximum absolute atomic E-state index is 13.2. The van der Waals surface area contributed by atoms with Crippen LogP contribution in [-0.2, 0) is 50.0 Å². The second-order valence-corrected chi connectivity index (χ2v) is 11.2. The summed E-state index contributed by atoms with van der Waals surface area (Å²) >= 11 is 0. The predicted octanol–water partition coefficient (Wildman–Crippen LogP) is -0.633. The van der Waals surface area contributed by atoms with Gasteiger partial charge in [0.2, 0.25) is 12.2 Å². The number of phenols is 1. The normalized spacial score (nSPS) is 28.7. The SMILES string of the molecule is C[C@H](O)C(=O)O[C@@H](CC(=O)OC1=CC[C@@]2(O)[C@@H]3Cc4ccc(O)c5c4[C@@]2(CCN3C)[C@H]1O5)C(=O)O[C@H](CC(=O)O)C(=O)O. The third kappa shape index (κ3) is 4.86. The molecule has 4 aliphatic rings. The molecule has 1 aromatic rings. The van der Waals surface area contributed by atoms with Gasteiger partial charge in [-0.3, -0.25) is 9.59 Å². The lowest BCUT2D eigenvalue weighted by Gasteiger charge is -2.61. The van der Waals surface area contributed by atoms with E-state index in [1.165, 1.54) is 12.1 Å². The number of aliphatic hydroxyl groups is 2. The van der Waals surface area contributed by atoms with Gasteiger partial charge in [0.1, 0.15) is 11.9 Å². The first-order chi connectivity index (χ1) is 20.2. The van der Waals surface area contributed by atoms with E-state index in [1.807, 2.05) is 7.05 Å². The van der Waals surface area contributed by atoms with Crippen LogP contribution in [0.15, 0.2) is 24.0 Å². The number of benzene rings is 1. The van der Waals surface area contributed by atoms with Gasteiger partial charge < -0.3 is 49.4 Å². The summed E-state index contributed by atoms with van der Waals surface area (Å²) in [4.78, 5) is 62.4. The lowest BCUT2D eigenvalue weighted by Crippen LogP contribution is -2.74. The van der Waals surface area contributed by atoms with Crippen LogP contribution in [-0.4, -0.2) is 110 Å². The summed E-state index contributed by atoms with van der Waals surface area (Å²) in [6.07, 6.45) is -6.64. The van der Waals surface area contributed by atoms with Gasteiger partial charge >= 0.3 is 29.8 Å². The highest BCUT2D eigenvalue weighted by molar-refractivity contribution is 5.88. The van der Waals surface area contributed by atoms with E-state index < -0.39 is 78.1 Å². The highest BCUT2D eigenvalue weighted by Gasteiger charge is 2.72. The average molecular weight is 606 g/mol. The quantitative estimate of drug-likeness (QED) is 0.165. The van der Waals surface area contributed by atoms with Gasteiger partial charge in [-0.2, -0.15) is 0 Å². The van der Waals surface area contributed by atoms with Crippen LogP contribution in [0.4, 0.5) is 0 Å². The number of carboxylic acid groups (broad SMARTS) is 2. The standard InChI is InChI=1S/C28H31NO14/c1-12(30)25(37)42-17(26(38)41-16(24(35)36)10-19(32)33)11-20(34)40-15-5-6-28(39)18-9-13-3-4-14(31)22-21(13)27(28,23(15)43-22)7-8-29(18)2/h3-5,12,16-18,23,30-31,39H,6-11H2,1-2H3,(H,32,33)(H,35,36)/t12-,16+,17-,18-,23-,27-,28+/m0/s1. The molecule has 0 aromatic heterocycles. The molecule has 2 aliphatic heterocycles. The molecule has 2 aliphatic carbocycles. The van der Waals surface area contributed by atoms with Crippen LogP contribution in [0.25, 0.3) is 0 Å². The number of hydrogen-bond donors (Lipinski definition) is 5. The number of aliphatic hydroxyl groups excluding tert-OH is 1. The Morgan fingerprint density at radius 2 is 1.79 bits per heavy atom. The molecular weight excluding hydrogens is 574 g/mol. The molecule has 0 saturated carbocycles. The van der Waals surface area contributed by atoms with Crippen LogP contribution in [0.1, 0.15) is 43.7 Å². The number of carbonyl (C=O) groups excluding carboxylic acids is 3. The number of phenolic OH excluding ortho intramolecular Hbond substituents is 1. The largest absolute Gasteiger partial charge is 0.504 e. The Kier molecular flexibility index (Phi) is 7.61. The highest BCUT2D eigenvalue weighted by atomic mass is 16.6. The molecule has 1 fully saturated rings. The second-order valence-electron chi connectivity index (χ2n) is 11.2. The van der Waals surface area contributed by atoms with E-state index in [-0.39, 0.29) is 29.7 Å². The van der Waals surface area contributed by atoms with Crippen molar-refractivity contribution in [1.82, 2.24) is 4.90 Å². The first-order valence-electron chi connectivity index (χ1n) is 13.6. The minimum absolute atomic E-state index is 0.00955. The van der Waals surface area contributed by atoms with Crippen molar-refractivity contribution in [3.63, 3.8) is 0 Å². The van der Waals surface area contributed by atoms with Crippen LogP contribution in [0.5, 0.6) is 11.5 Å². The van der Waals surface area contributed by atoms with Crippen molar-refractivity contribution in [1.29, 1.82) is 0 Å². The predicted molar refractivity (Wildman–Crippen MR) is 139 cm³/mol. The van der Waals surface area contributed by atoms with E-state index in [2.05, 4.69) is 4.90 Å². The summed E-state index contributed by atoms with van der Waals surface area (Å²) < 4.78 is 21.4. The van der Waals surface area contributed by atoms with Gasteiger partial charge in [0.25, 0.3) is 0 Å². The second kappa shape index (κ2) is 10.8. The number of piperidine rings is 1. The Balaban J connectivity index is 1.41. The number of rotatable bonds is 10. The number of aliphatic carboxylic acids is 2. The smallest absolute Gasteiger partial charge is 0.348 e. The third-order valence-electron chi connectivity index (χ3n) is 8.69. The van der Waals surface area contributed by atoms with E-state index in [4.69, 9.17) is 24.1 Å². The fourth-order valence-corrected chi connectivity index (χ4v) is 6.73. The van der Waals surface area contributed by atoms with Gasteiger partial charge in [-0.1, -0.05) is 6.07 Å². The van der Waals surface area contributed by atoms with Crippen molar-refractivity contribution in [3.05, 3.63) is 35.1 Å². The molecule has 1 aromatic carbocycles. The molecule has 0 unspecified atom stereocenters. The number of ether oxygens (including phenoxy) is 4. The molecule has 5 N–H and O–H groups in total. The zero-order chi connectivity index (χ0) is 31.4. The molecule has 0 radical (unpaired) electrons. The van der Waals surface area contributed by atoms with Crippen LogP contribution >= 0.6 is 0 Å². The van der Waals surface area contributed by atoms with E-state index in [0.29, 0.717) is 24.9 Å². The van der Waals surface area contributed by atoms with Gasteiger partial charge in [0, 0.05) is 18.0 Å². The maximum Gasteiger partial charge on any atom is 0.348 e. The van der Waals surface area contributed by atoms with E-state index in [0.717, 1.165) is 12.5 Å². The van der Waals surface area contributed by atoms with Crippen molar-refractivity contribution in [2.45, 2.75) is 80.5 Å². The molecule has 7 atom stereocenters. The Labute approximate surface area is 244 Å². The molecule has 0 amide bonds. The van der Waals surface area contributed by atoms with E-state index >= 15 is 0 Å². The Hall–Kier alpha value is -4.21. The molecule has 2 bridgehead atoms. The number of hydrogen-bond acceptors (Lipinski definition) is 13. The number of carboxylic acids is 2. The Morgan fingerprint density at radius 3 is 2.44 bits per heavy atom. The van der Waals surface area contributed by atoms with Crippen molar-refractivity contribution in [2.75, 3.05) is 13.6 Å². The number of esters is 3. The summed E-state index contributed by atoms with van der Waals surface area (Å²) in [6.45, 7) is 1.60. The molecular formula is C28H31NO14. The molecule has 1 spiro atoms. The van der Waals surface area contributed by atoms with Gasteiger partial charge in [-0.15, -0.1) is 0 Å². The monoisotopic (exact) mass is 605 g/mol. The molecule has 43 heavy (non-hydrogen) atoms. The average Bonchev–Trinajstić information content (AvgIpc) is 3.28.